The van der Waals surface area contributed by atoms with Crippen LogP contribution in [0, 0.1) is 10.8 Å². The van der Waals surface area contributed by atoms with Gasteiger partial charge in [0, 0.05) is 19.7 Å². The van der Waals surface area contributed by atoms with E-state index in [1.165, 1.54) is 11.1 Å². The molecule has 0 bridgehead atoms. The Kier molecular flexibility index (Phi) is 19.7. The van der Waals surface area contributed by atoms with Gasteiger partial charge in [0.2, 0.25) is 0 Å². The number of hydrogen-bond acceptors (Lipinski definition) is 8. The average Bonchev–Trinajstić information content (AvgIpc) is 3.34. The van der Waals surface area contributed by atoms with Crippen molar-refractivity contribution in [3.8, 4) is 11.5 Å². The summed E-state index contributed by atoms with van der Waals surface area (Å²) in [7, 11) is 2.72. The molecule has 0 spiro atoms. The summed E-state index contributed by atoms with van der Waals surface area (Å²) in [5.41, 5.74) is 3.18. The maximum atomic E-state index is 6.30. The maximum Gasteiger partial charge on any atom is 0.498 e. The SMILES string of the molecule is C.C.CB1OC(C)(C)C(C)(C)O1.COCOc1ccc(C(C)(C)CC(C)(C)C)cc1.COCOc1ccc(C(C)(C)CC(C)(C)C)cc1B1OC(C)(C)C(C)(C)O1. The topological polar surface area (TPSA) is 73.8 Å². The quantitative estimate of drug-likeness (QED) is 0.164. The number of ether oxygens (including phenoxy) is 4. The van der Waals surface area contributed by atoms with Gasteiger partial charge < -0.3 is 37.6 Å². The molecule has 2 fully saturated rings. The van der Waals surface area contributed by atoms with Gasteiger partial charge in [0.05, 0.1) is 22.4 Å². The summed E-state index contributed by atoms with van der Waals surface area (Å²) >= 11 is 0. The molecule has 2 saturated heterocycles. The summed E-state index contributed by atoms with van der Waals surface area (Å²) in [4.78, 5) is 0. The van der Waals surface area contributed by atoms with Crippen LogP contribution in [0.25, 0.3) is 0 Å². The molecule has 57 heavy (non-hydrogen) atoms. The van der Waals surface area contributed by atoms with Gasteiger partial charge in [-0.25, -0.2) is 0 Å². The summed E-state index contributed by atoms with van der Waals surface area (Å²) in [6, 6.07) is 14.7. The van der Waals surface area contributed by atoms with E-state index in [1.54, 1.807) is 14.2 Å². The van der Waals surface area contributed by atoms with Gasteiger partial charge in [0.1, 0.15) is 11.5 Å². The Bertz CT molecular complexity index is 1450. The molecule has 2 aliphatic rings. The molecule has 0 unspecified atom stereocenters. The van der Waals surface area contributed by atoms with Crippen LogP contribution in [-0.4, -0.2) is 64.4 Å². The van der Waals surface area contributed by atoms with Crippen molar-refractivity contribution in [2.75, 3.05) is 27.8 Å². The third kappa shape index (κ3) is 16.1. The second-order valence-corrected chi connectivity index (χ2v) is 21.0. The lowest BCUT2D eigenvalue weighted by Crippen LogP contribution is -2.41. The van der Waals surface area contributed by atoms with Crippen molar-refractivity contribution < 1.29 is 37.6 Å². The Morgan fingerprint density at radius 2 is 0.895 bits per heavy atom. The zero-order valence-corrected chi connectivity index (χ0v) is 38.8. The van der Waals surface area contributed by atoms with Crippen molar-refractivity contribution in [3.63, 3.8) is 0 Å². The molecule has 2 aliphatic heterocycles. The third-order valence-electron chi connectivity index (χ3n) is 10.9. The Balaban J connectivity index is 0.000000900. The number of hydrogen-bond donors (Lipinski definition) is 0. The number of benzene rings is 2. The molecular weight excluding hydrogens is 714 g/mol. The van der Waals surface area contributed by atoms with Crippen LogP contribution in [0.3, 0.4) is 0 Å². The first kappa shape index (κ1) is 54.9. The number of rotatable bonds is 11. The second kappa shape index (κ2) is 20.5. The lowest BCUT2D eigenvalue weighted by Gasteiger charge is -2.33. The van der Waals surface area contributed by atoms with E-state index in [0.717, 1.165) is 29.8 Å². The molecule has 10 heteroatoms. The molecule has 2 aromatic carbocycles. The van der Waals surface area contributed by atoms with Crippen molar-refractivity contribution in [2.24, 2.45) is 10.8 Å². The van der Waals surface area contributed by atoms with E-state index in [9.17, 15) is 0 Å². The first-order chi connectivity index (χ1) is 24.8. The Morgan fingerprint density at radius 3 is 1.26 bits per heavy atom. The minimum Gasteiger partial charge on any atom is -0.468 e. The van der Waals surface area contributed by atoms with E-state index in [0.29, 0.717) is 12.2 Å². The lowest BCUT2D eigenvalue weighted by molar-refractivity contribution is 0.00578. The van der Waals surface area contributed by atoms with Gasteiger partial charge in [0.15, 0.2) is 13.6 Å². The van der Waals surface area contributed by atoms with E-state index in [1.807, 2.05) is 25.0 Å². The molecule has 0 radical (unpaired) electrons. The highest BCUT2D eigenvalue weighted by molar-refractivity contribution is 6.63. The van der Waals surface area contributed by atoms with Crippen LogP contribution in [0.1, 0.15) is 163 Å². The van der Waals surface area contributed by atoms with Crippen LogP contribution in [0.2, 0.25) is 6.82 Å². The Morgan fingerprint density at radius 1 is 0.526 bits per heavy atom. The van der Waals surface area contributed by atoms with Gasteiger partial charge in [-0.1, -0.05) is 108 Å². The molecule has 0 atom stereocenters. The van der Waals surface area contributed by atoms with Crippen molar-refractivity contribution in [1.29, 1.82) is 0 Å². The highest BCUT2D eigenvalue weighted by Crippen LogP contribution is 2.40. The molecule has 0 amide bonds. The highest BCUT2D eigenvalue weighted by Gasteiger charge is 2.53. The third-order valence-corrected chi connectivity index (χ3v) is 10.9. The maximum absolute atomic E-state index is 6.30. The van der Waals surface area contributed by atoms with Gasteiger partial charge in [-0.15, -0.1) is 0 Å². The molecule has 4 rings (SSSR count). The van der Waals surface area contributed by atoms with Crippen LogP contribution >= 0.6 is 0 Å². The minimum absolute atomic E-state index is 0. The summed E-state index contributed by atoms with van der Waals surface area (Å²) in [6.45, 7) is 41.7. The van der Waals surface area contributed by atoms with E-state index in [2.05, 4.69) is 149 Å². The normalized spacial score (nSPS) is 18.3. The first-order valence-electron chi connectivity index (χ1n) is 20.0. The fourth-order valence-electron chi connectivity index (χ4n) is 7.50. The fraction of sp³-hybridized carbons (Fsp3) is 0.745. The van der Waals surface area contributed by atoms with Crippen LogP contribution in [0.5, 0.6) is 11.5 Å². The van der Waals surface area contributed by atoms with E-state index in [-0.39, 0.29) is 56.2 Å². The molecular formula is C47H86B2O8. The van der Waals surface area contributed by atoms with Crippen molar-refractivity contribution in [1.82, 2.24) is 0 Å². The predicted molar refractivity (Wildman–Crippen MR) is 243 cm³/mol. The van der Waals surface area contributed by atoms with Crippen molar-refractivity contribution in [2.45, 2.75) is 192 Å². The molecule has 328 valence electrons. The van der Waals surface area contributed by atoms with Gasteiger partial charge in [0.25, 0.3) is 0 Å². The molecule has 8 nitrogen and oxygen atoms in total. The summed E-state index contributed by atoms with van der Waals surface area (Å²) in [5, 5.41) is 0. The van der Waals surface area contributed by atoms with E-state index in [4.69, 9.17) is 37.6 Å². The molecule has 0 N–H and O–H groups in total. The molecule has 0 saturated carbocycles. The van der Waals surface area contributed by atoms with Gasteiger partial charge in [-0.3, -0.25) is 0 Å². The lowest BCUT2D eigenvalue weighted by atomic mass is 9.69. The predicted octanol–water partition coefficient (Wildman–Crippen LogP) is 12.0. The van der Waals surface area contributed by atoms with Crippen molar-refractivity contribution in [3.05, 3.63) is 53.6 Å². The molecule has 2 heterocycles. The van der Waals surface area contributed by atoms with Gasteiger partial charge in [-0.05, 0) is 126 Å². The van der Waals surface area contributed by atoms with Crippen molar-refractivity contribution >= 4 is 19.7 Å². The van der Waals surface area contributed by atoms with Gasteiger partial charge in [-0.2, -0.15) is 0 Å². The van der Waals surface area contributed by atoms with Crippen LogP contribution < -0.4 is 14.9 Å². The highest BCUT2D eigenvalue weighted by atomic mass is 16.7. The Labute approximate surface area is 352 Å². The summed E-state index contributed by atoms with van der Waals surface area (Å²) in [6.07, 6.45) is 2.22. The first-order valence-corrected chi connectivity index (χ1v) is 20.0. The number of methoxy groups -OCH3 is 2. The van der Waals surface area contributed by atoms with E-state index < -0.39 is 18.3 Å². The van der Waals surface area contributed by atoms with Crippen LogP contribution in [0.15, 0.2) is 42.5 Å². The van der Waals surface area contributed by atoms with Crippen LogP contribution in [-0.2, 0) is 38.9 Å². The van der Waals surface area contributed by atoms with Crippen LogP contribution in [0.4, 0.5) is 0 Å². The zero-order chi connectivity index (χ0) is 42.5. The average molecular weight is 801 g/mol. The summed E-state index contributed by atoms with van der Waals surface area (Å²) < 4.78 is 44.9. The summed E-state index contributed by atoms with van der Waals surface area (Å²) in [5.74, 6) is 1.60. The molecule has 2 aromatic rings. The Hall–Kier alpha value is -2.07. The standard InChI is InChI=1S/C22H37BO4.C16H26O2.C7H15BO2.2CH4/c1-19(2,3)14-20(4,5)16-11-12-18(25-15-24-10)17(13-16)23-26-21(6,7)22(8,9)27-23;1-15(2,3)11-16(4,5)13-7-9-14(10-8-13)18-12-17-6;1-6(2)7(3,4)10-8(5)9-6;;/h11-13H,14-15H2,1-10H3;7-10H,11-12H2,1-6H3;1-5H3;2*1H4. The monoisotopic (exact) mass is 801 g/mol. The zero-order valence-electron chi connectivity index (χ0n) is 38.8. The molecule has 0 aliphatic carbocycles. The van der Waals surface area contributed by atoms with Gasteiger partial charge >= 0.3 is 14.2 Å². The fourth-order valence-corrected chi connectivity index (χ4v) is 7.50. The smallest absolute Gasteiger partial charge is 0.468 e. The minimum atomic E-state index is -0.466. The second-order valence-electron chi connectivity index (χ2n) is 21.0. The molecule has 0 aromatic heterocycles. The largest absolute Gasteiger partial charge is 0.498 e. The van der Waals surface area contributed by atoms with E-state index >= 15 is 0 Å².